The number of fused-ring (bicyclic) bond motifs is 1. The van der Waals surface area contributed by atoms with Crippen LogP contribution in [0.5, 0.6) is 0 Å². The van der Waals surface area contributed by atoms with Crippen molar-refractivity contribution in [1.82, 2.24) is 4.98 Å². The zero-order chi connectivity index (χ0) is 16.6. The van der Waals surface area contributed by atoms with Gasteiger partial charge < -0.3 is 5.32 Å². The molecule has 0 saturated heterocycles. The van der Waals surface area contributed by atoms with Crippen LogP contribution in [0.15, 0.2) is 42.5 Å². The highest BCUT2D eigenvalue weighted by molar-refractivity contribution is 7.21. The summed E-state index contributed by atoms with van der Waals surface area (Å²) in [4.78, 5) is 16.3. The minimum Gasteiger partial charge on any atom is -0.326 e. The quantitative estimate of drug-likeness (QED) is 0.702. The molecule has 0 unspecified atom stereocenters. The second-order valence-electron chi connectivity index (χ2n) is 6.68. The topological polar surface area (TPSA) is 42.0 Å². The van der Waals surface area contributed by atoms with E-state index in [9.17, 15) is 4.79 Å². The van der Waals surface area contributed by atoms with Gasteiger partial charge >= 0.3 is 0 Å². The van der Waals surface area contributed by atoms with Crippen LogP contribution in [0.25, 0.3) is 20.8 Å². The van der Waals surface area contributed by atoms with Gasteiger partial charge in [0.05, 0.1) is 15.9 Å². The van der Waals surface area contributed by atoms with Crippen molar-refractivity contribution in [2.75, 3.05) is 5.32 Å². The first-order valence-electron chi connectivity index (χ1n) is 7.62. The van der Waals surface area contributed by atoms with Crippen LogP contribution < -0.4 is 5.32 Å². The van der Waals surface area contributed by atoms with Crippen molar-refractivity contribution in [1.29, 1.82) is 0 Å². The highest BCUT2D eigenvalue weighted by Crippen LogP contribution is 2.37. The lowest BCUT2D eigenvalue weighted by Crippen LogP contribution is -2.13. The average Bonchev–Trinajstić information content (AvgIpc) is 2.89. The molecule has 1 aromatic heterocycles. The van der Waals surface area contributed by atoms with E-state index in [1.54, 1.807) is 11.3 Å². The van der Waals surface area contributed by atoms with Gasteiger partial charge in [-0.25, -0.2) is 4.98 Å². The van der Waals surface area contributed by atoms with Gasteiger partial charge in [0.15, 0.2) is 0 Å². The van der Waals surface area contributed by atoms with Gasteiger partial charge in [0.2, 0.25) is 5.91 Å². The highest BCUT2D eigenvalue weighted by Gasteiger charge is 2.18. The second kappa shape index (κ2) is 5.78. The Morgan fingerprint density at radius 2 is 1.87 bits per heavy atom. The third kappa shape index (κ3) is 3.27. The summed E-state index contributed by atoms with van der Waals surface area (Å²) in [6.45, 7) is 8.03. The fraction of sp³-hybridized carbons (Fsp3) is 0.263. The Kier molecular flexibility index (Phi) is 3.94. The van der Waals surface area contributed by atoms with E-state index in [2.05, 4.69) is 50.4 Å². The molecule has 3 nitrogen and oxygen atoms in total. The molecule has 0 spiro atoms. The Hall–Kier alpha value is -2.20. The van der Waals surface area contributed by atoms with Crippen molar-refractivity contribution in [2.45, 2.75) is 33.1 Å². The maximum atomic E-state index is 11.6. The van der Waals surface area contributed by atoms with Crippen molar-refractivity contribution in [2.24, 2.45) is 0 Å². The standard InChI is InChI=1S/C19H20N2OS/c1-12(22)20-16-11-13(19(2,3)4)9-10-14(16)18-21-15-7-5-6-8-17(15)23-18/h5-11H,1-4H3,(H,20,22). The lowest BCUT2D eigenvalue weighted by Gasteiger charge is -2.21. The smallest absolute Gasteiger partial charge is 0.221 e. The summed E-state index contributed by atoms with van der Waals surface area (Å²) in [6, 6.07) is 14.3. The van der Waals surface area contributed by atoms with E-state index in [1.807, 2.05) is 18.2 Å². The Morgan fingerprint density at radius 3 is 2.52 bits per heavy atom. The summed E-state index contributed by atoms with van der Waals surface area (Å²) in [5, 5.41) is 3.88. The minimum atomic E-state index is -0.0709. The zero-order valence-electron chi connectivity index (χ0n) is 13.8. The summed E-state index contributed by atoms with van der Waals surface area (Å²) in [7, 11) is 0. The summed E-state index contributed by atoms with van der Waals surface area (Å²) in [5.74, 6) is -0.0709. The fourth-order valence-corrected chi connectivity index (χ4v) is 3.48. The van der Waals surface area contributed by atoms with Crippen LogP contribution in [-0.4, -0.2) is 10.9 Å². The molecule has 3 aromatic rings. The van der Waals surface area contributed by atoms with Crippen LogP contribution in [0.3, 0.4) is 0 Å². The maximum Gasteiger partial charge on any atom is 0.221 e. The van der Waals surface area contributed by atoms with Gasteiger partial charge in [-0.1, -0.05) is 39.0 Å². The molecule has 1 heterocycles. The average molecular weight is 324 g/mol. The minimum absolute atomic E-state index is 0.0271. The first-order valence-corrected chi connectivity index (χ1v) is 8.44. The lowest BCUT2D eigenvalue weighted by molar-refractivity contribution is -0.114. The number of thiazole rings is 1. The molecule has 0 atom stereocenters. The molecular weight excluding hydrogens is 304 g/mol. The second-order valence-corrected chi connectivity index (χ2v) is 7.71. The monoisotopic (exact) mass is 324 g/mol. The predicted octanol–water partition coefficient (Wildman–Crippen LogP) is 5.22. The molecule has 0 saturated carbocycles. The summed E-state index contributed by atoms with van der Waals surface area (Å²) in [6.07, 6.45) is 0. The Balaban J connectivity index is 2.15. The molecule has 1 amide bonds. The van der Waals surface area contributed by atoms with Crippen molar-refractivity contribution >= 4 is 33.1 Å². The number of hydrogen-bond donors (Lipinski definition) is 1. The fourth-order valence-electron chi connectivity index (χ4n) is 2.48. The Labute approximate surface area is 140 Å². The number of benzene rings is 2. The van der Waals surface area contributed by atoms with E-state index in [0.29, 0.717) is 0 Å². The molecule has 0 radical (unpaired) electrons. The van der Waals surface area contributed by atoms with E-state index in [1.165, 1.54) is 12.5 Å². The van der Waals surface area contributed by atoms with E-state index in [4.69, 9.17) is 4.98 Å². The van der Waals surface area contributed by atoms with Crippen LogP contribution in [-0.2, 0) is 10.2 Å². The van der Waals surface area contributed by atoms with Crippen molar-refractivity contribution in [3.8, 4) is 10.6 Å². The van der Waals surface area contributed by atoms with Gasteiger partial charge in [-0.15, -0.1) is 11.3 Å². The molecular formula is C19H20N2OS. The van der Waals surface area contributed by atoms with Gasteiger partial charge in [0.25, 0.3) is 0 Å². The maximum absolute atomic E-state index is 11.6. The molecule has 0 aliphatic heterocycles. The number of para-hydroxylation sites is 1. The molecule has 118 valence electrons. The number of anilines is 1. The molecule has 0 aliphatic carbocycles. The molecule has 3 rings (SSSR count). The number of hydrogen-bond acceptors (Lipinski definition) is 3. The summed E-state index contributed by atoms with van der Waals surface area (Å²) >= 11 is 1.64. The predicted molar refractivity (Wildman–Crippen MR) is 98.1 cm³/mol. The largest absolute Gasteiger partial charge is 0.326 e. The van der Waals surface area contributed by atoms with Gasteiger partial charge in [0.1, 0.15) is 5.01 Å². The Bertz CT molecular complexity index is 841. The van der Waals surface area contributed by atoms with Crippen LogP contribution in [0.2, 0.25) is 0 Å². The molecule has 23 heavy (non-hydrogen) atoms. The van der Waals surface area contributed by atoms with Gasteiger partial charge in [-0.2, -0.15) is 0 Å². The number of amides is 1. The third-order valence-electron chi connectivity index (χ3n) is 3.72. The first kappa shape index (κ1) is 15.7. The Morgan fingerprint density at radius 1 is 1.13 bits per heavy atom. The van der Waals surface area contributed by atoms with E-state index < -0.39 is 0 Å². The molecule has 1 N–H and O–H groups in total. The molecule has 4 heteroatoms. The van der Waals surface area contributed by atoms with E-state index >= 15 is 0 Å². The van der Waals surface area contributed by atoms with Crippen molar-refractivity contribution < 1.29 is 4.79 Å². The highest BCUT2D eigenvalue weighted by atomic mass is 32.1. The molecule has 0 fully saturated rings. The molecule has 0 bridgehead atoms. The first-order chi connectivity index (χ1) is 10.8. The molecule has 2 aromatic carbocycles. The lowest BCUT2D eigenvalue weighted by atomic mass is 9.86. The third-order valence-corrected chi connectivity index (χ3v) is 4.79. The number of rotatable bonds is 2. The van der Waals surface area contributed by atoms with E-state index in [0.717, 1.165) is 26.5 Å². The van der Waals surface area contributed by atoms with Gasteiger partial charge in [-0.05, 0) is 35.2 Å². The van der Waals surface area contributed by atoms with Gasteiger partial charge in [-0.3, -0.25) is 4.79 Å². The summed E-state index contributed by atoms with van der Waals surface area (Å²) < 4.78 is 1.15. The SMILES string of the molecule is CC(=O)Nc1cc(C(C)(C)C)ccc1-c1nc2ccccc2s1. The van der Waals surface area contributed by atoms with Crippen LogP contribution in [0.4, 0.5) is 5.69 Å². The van der Waals surface area contributed by atoms with Gasteiger partial charge in [0, 0.05) is 12.5 Å². The van der Waals surface area contributed by atoms with Crippen LogP contribution in [0.1, 0.15) is 33.3 Å². The zero-order valence-corrected chi connectivity index (χ0v) is 14.6. The van der Waals surface area contributed by atoms with Crippen LogP contribution in [0, 0.1) is 0 Å². The van der Waals surface area contributed by atoms with Crippen molar-refractivity contribution in [3.63, 3.8) is 0 Å². The summed E-state index contributed by atoms with van der Waals surface area (Å²) in [5.41, 5.74) is 3.99. The van der Waals surface area contributed by atoms with Crippen LogP contribution >= 0.6 is 11.3 Å². The number of nitrogens with one attached hydrogen (secondary N) is 1. The van der Waals surface area contributed by atoms with E-state index in [-0.39, 0.29) is 11.3 Å². The number of carbonyl (C=O) groups excluding carboxylic acids is 1. The number of nitrogens with zero attached hydrogens (tertiary/aromatic N) is 1. The molecule has 0 aliphatic rings. The number of carbonyl (C=O) groups is 1. The normalized spacial score (nSPS) is 11.7. The van der Waals surface area contributed by atoms with Crippen molar-refractivity contribution in [3.05, 3.63) is 48.0 Å². The number of aromatic nitrogens is 1.